The summed E-state index contributed by atoms with van der Waals surface area (Å²) in [6, 6.07) is 8.34. The van der Waals surface area contributed by atoms with E-state index < -0.39 is 35.6 Å². The van der Waals surface area contributed by atoms with Gasteiger partial charge < -0.3 is 25.4 Å². The highest BCUT2D eigenvalue weighted by Gasteiger charge is 2.38. The smallest absolute Gasteiger partial charge is 0.408 e. The molecule has 3 N–H and O–H groups in total. The number of rotatable bonds is 15. The van der Waals surface area contributed by atoms with Gasteiger partial charge in [-0.25, -0.2) is 4.79 Å². The van der Waals surface area contributed by atoms with Crippen LogP contribution in [0, 0.1) is 19.8 Å². The van der Waals surface area contributed by atoms with Crippen molar-refractivity contribution >= 4 is 35.2 Å². The number of nitrogens with zero attached hydrogens (tertiary/aromatic N) is 1. The summed E-state index contributed by atoms with van der Waals surface area (Å²) in [7, 11) is 0. The second kappa shape index (κ2) is 17.3. The molecular weight excluding hydrogens is 578 g/mol. The Kier molecular flexibility index (Phi) is 14.5. The van der Waals surface area contributed by atoms with Crippen LogP contribution in [-0.4, -0.2) is 46.1 Å². The van der Waals surface area contributed by atoms with Crippen molar-refractivity contribution in [3.63, 3.8) is 0 Å². The maximum absolute atomic E-state index is 14.5. The topological polar surface area (TPSA) is 108 Å². The monoisotopic (exact) mass is 629 g/mol. The van der Waals surface area contributed by atoms with Crippen molar-refractivity contribution in [2.75, 3.05) is 11.9 Å². The van der Waals surface area contributed by atoms with Crippen molar-refractivity contribution in [2.45, 2.75) is 118 Å². The number of alkyl carbamates (subject to hydrolysis) is 1. The van der Waals surface area contributed by atoms with E-state index in [4.69, 9.17) is 16.3 Å². The highest BCUT2D eigenvalue weighted by atomic mass is 35.5. The fraction of sp³-hybridized carbons (Fsp3) is 0.571. The van der Waals surface area contributed by atoms with Crippen LogP contribution < -0.4 is 10.6 Å². The van der Waals surface area contributed by atoms with Gasteiger partial charge in [-0.2, -0.15) is 0 Å². The molecule has 0 fully saturated rings. The zero-order valence-electron chi connectivity index (χ0n) is 27.8. The third-order valence-electron chi connectivity index (χ3n) is 7.33. The number of nitrogens with one attached hydrogen (secondary N) is 2. The predicted molar refractivity (Wildman–Crippen MR) is 178 cm³/mol. The van der Waals surface area contributed by atoms with Gasteiger partial charge in [0.15, 0.2) is 0 Å². The van der Waals surface area contributed by atoms with E-state index >= 15 is 0 Å². The molecule has 0 aliphatic heterocycles. The first-order chi connectivity index (χ1) is 20.7. The molecule has 44 heavy (non-hydrogen) atoms. The Labute approximate surface area is 268 Å². The number of unbranched alkanes of at least 4 members (excludes halogenated alkanes) is 5. The number of anilines is 1. The van der Waals surface area contributed by atoms with Crippen LogP contribution in [0.2, 0.25) is 5.02 Å². The van der Waals surface area contributed by atoms with E-state index in [2.05, 4.69) is 17.6 Å². The molecule has 0 bridgehead atoms. The van der Waals surface area contributed by atoms with Gasteiger partial charge in [0.2, 0.25) is 5.91 Å². The van der Waals surface area contributed by atoms with E-state index in [1.807, 2.05) is 26.8 Å². The number of phenols is 1. The lowest BCUT2D eigenvalue weighted by molar-refractivity contribution is -0.141. The fourth-order valence-corrected chi connectivity index (χ4v) is 5.38. The molecule has 0 saturated heterocycles. The average molecular weight is 630 g/mol. The molecule has 2 atom stereocenters. The standard InChI is InChI=1S/C35H52ClN3O5/c1-9-10-11-12-13-14-21-39(33(42)28(22-23(2)3)37-34(43)44-35(6,7)8)30(26-19-15-18-25(5)31(26)40)32(41)38-29-24(4)17-16-20-27(29)36/h15-20,23,28,30,40H,9-14,21-22H2,1-8H3,(H,37,43)(H,38,41). The van der Waals surface area contributed by atoms with Crippen LogP contribution in [0.15, 0.2) is 36.4 Å². The molecule has 8 nitrogen and oxygen atoms in total. The quantitative estimate of drug-likeness (QED) is 0.171. The number of amides is 3. The molecule has 2 rings (SSSR count). The molecule has 2 unspecified atom stereocenters. The van der Waals surface area contributed by atoms with Gasteiger partial charge >= 0.3 is 6.09 Å². The van der Waals surface area contributed by atoms with E-state index in [1.54, 1.807) is 58.0 Å². The largest absolute Gasteiger partial charge is 0.507 e. The van der Waals surface area contributed by atoms with E-state index in [0.29, 0.717) is 34.7 Å². The average Bonchev–Trinajstić information content (AvgIpc) is 2.92. The van der Waals surface area contributed by atoms with E-state index in [0.717, 1.165) is 37.7 Å². The van der Waals surface area contributed by atoms with Crippen LogP contribution in [-0.2, 0) is 14.3 Å². The number of hydrogen-bond donors (Lipinski definition) is 3. The summed E-state index contributed by atoms with van der Waals surface area (Å²) in [5.41, 5.74) is 1.32. The van der Waals surface area contributed by atoms with Crippen LogP contribution in [0.3, 0.4) is 0 Å². The maximum atomic E-state index is 14.5. The van der Waals surface area contributed by atoms with Crippen LogP contribution in [0.5, 0.6) is 5.75 Å². The predicted octanol–water partition coefficient (Wildman–Crippen LogP) is 8.47. The summed E-state index contributed by atoms with van der Waals surface area (Å²) in [6.07, 6.45) is 5.51. The molecule has 0 aliphatic rings. The number of carbonyl (C=O) groups excluding carboxylic acids is 3. The third-order valence-corrected chi connectivity index (χ3v) is 7.64. The van der Waals surface area contributed by atoms with Gasteiger partial charge in [-0.3, -0.25) is 9.59 Å². The molecule has 0 radical (unpaired) electrons. The molecular formula is C35H52ClN3O5. The number of carbonyl (C=O) groups is 3. The van der Waals surface area contributed by atoms with E-state index in [9.17, 15) is 19.5 Å². The van der Waals surface area contributed by atoms with Crippen LogP contribution in [0.25, 0.3) is 0 Å². The normalized spacial score (nSPS) is 12.9. The zero-order chi connectivity index (χ0) is 33.0. The molecule has 0 aromatic heterocycles. The second-order valence-corrected chi connectivity index (χ2v) is 13.4. The molecule has 2 aromatic rings. The molecule has 0 aliphatic carbocycles. The van der Waals surface area contributed by atoms with Crippen molar-refractivity contribution in [3.05, 3.63) is 58.1 Å². The van der Waals surface area contributed by atoms with Crippen LogP contribution in [0.1, 0.15) is 109 Å². The summed E-state index contributed by atoms with van der Waals surface area (Å²) >= 11 is 6.48. The Bertz CT molecular complexity index is 1240. The lowest BCUT2D eigenvalue weighted by Crippen LogP contribution is -2.53. The SMILES string of the molecule is CCCCCCCCN(C(=O)C(CC(C)C)NC(=O)OC(C)(C)C)C(C(=O)Nc1c(C)cccc1Cl)c1cccc(C)c1O. The Morgan fingerprint density at radius 3 is 2.18 bits per heavy atom. The Balaban J connectivity index is 2.62. The minimum atomic E-state index is -1.19. The zero-order valence-corrected chi connectivity index (χ0v) is 28.5. The first-order valence-corrected chi connectivity index (χ1v) is 16.2. The van der Waals surface area contributed by atoms with E-state index in [-0.39, 0.29) is 18.2 Å². The lowest BCUT2D eigenvalue weighted by Gasteiger charge is -2.35. The van der Waals surface area contributed by atoms with Gasteiger partial charge in [0, 0.05) is 12.1 Å². The van der Waals surface area contributed by atoms with Crippen LogP contribution >= 0.6 is 11.6 Å². The number of aryl methyl sites for hydroxylation is 2. The summed E-state index contributed by atoms with van der Waals surface area (Å²) in [5, 5.41) is 17.3. The minimum absolute atomic E-state index is 0.0557. The van der Waals surface area contributed by atoms with Crippen molar-refractivity contribution in [1.82, 2.24) is 10.2 Å². The van der Waals surface area contributed by atoms with Gasteiger partial charge in [-0.1, -0.05) is 94.8 Å². The van der Waals surface area contributed by atoms with Crippen LogP contribution in [0.4, 0.5) is 10.5 Å². The molecule has 9 heteroatoms. The minimum Gasteiger partial charge on any atom is -0.507 e. The molecule has 0 saturated carbocycles. The number of benzene rings is 2. The Morgan fingerprint density at radius 2 is 1.57 bits per heavy atom. The first kappa shape index (κ1) is 36.9. The number of aromatic hydroxyl groups is 1. The van der Waals surface area contributed by atoms with Gasteiger partial charge in [-0.15, -0.1) is 0 Å². The number of phenolic OH excluding ortho intramolecular Hbond substituents is 1. The second-order valence-electron chi connectivity index (χ2n) is 13.0. The first-order valence-electron chi connectivity index (χ1n) is 15.8. The highest BCUT2D eigenvalue weighted by Crippen LogP contribution is 2.35. The van der Waals surface area contributed by atoms with Crippen molar-refractivity contribution in [2.24, 2.45) is 5.92 Å². The third kappa shape index (κ3) is 11.3. The summed E-state index contributed by atoms with van der Waals surface area (Å²) in [5.74, 6) is -0.943. The van der Waals surface area contributed by atoms with E-state index in [1.165, 1.54) is 4.90 Å². The molecule has 3 amide bonds. The van der Waals surface area contributed by atoms with Gasteiger partial charge in [0.25, 0.3) is 5.91 Å². The Hall–Kier alpha value is -3.26. The fourth-order valence-electron chi connectivity index (χ4n) is 5.11. The Morgan fingerprint density at radius 1 is 0.955 bits per heavy atom. The highest BCUT2D eigenvalue weighted by molar-refractivity contribution is 6.34. The molecule has 0 spiro atoms. The summed E-state index contributed by atoms with van der Waals surface area (Å²) in [4.78, 5) is 43.2. The van der Waals surface area contributed by atoms with Gasteiger partial charge in [0.05, 0.1) is 10.7 Å². The maximum Gasteiger partial charge on any atom is 0.408 e. The number of ether oxygens (including phenoxy) is 1. The number of para-hydroxylation sites is 2. The summed E-state index contributed by atoms with van der Waals surface area (Å²) in [6.45, 7) is 15.2. The van der Waals surface area contributed by atoms with Gasteiger partial charge in [0.1, 0.15) is 23.4 Å². The molecule has 0 heterocycles. The molecule has 2 aromatic carbocycles. The molecule has 244 valence electrons. The summed E-state index contributed by atoms with van der Waals surface area (Å²) < 4.78 is 5.49. The number of hydrogen-bond acceptors (Lipinski definition) is 5. The van der Waals surface area contributed by atoms with Crippen molar-refractivity contribution < 1.29 is 24.2 Å². The van der Waals surface area contributed by atoms with Crippen molar-refractivity contribution in [3.8, 4) is 5.75 Å². The van der Waals surface area contributed by atoms with Gasteiger partial charge in [-0.05, 0) is 70.6 Å². The number of halogens is 1. The lowest BCUT2D eigenvalue weighted by atomic mass is 9.96. The van der Waals surface area contributed by atoms with Crippen molar-refractivity contribution in [1.29, 1.82) is 0 Å².